The van der Waals surface area contributed by atoms with Gasteiger partial charge in [0, 0.05) is 29.8 Å². The minimum absolute atomic E-state index is 0.00775. The first-order valence-electron chi connectivity index (χ1n) is 10.4. The van der Waals surface area contributed by atoms with Gasteiger partial charge in [-0.25, -0.2) is 4.39 Å². The van der Waals surface area contributed by atoms with Gasteiger partial charge in [-0.05, 0) is 68.0 Å². The highest BCUT2D eigenvalue weighted by atomic mass is 19.1. The van der Waals surface area contributed by atoms with Gasteiger partial charge in [0.15, 0.2) is 0 Å². The fourth-order valence-electron chi connectivity index (χ4n) is 4.56. The number of nitrogens with zero attached hydrogens (tertiary/aromatic N) is 2. The van der Waals surface area contributed by atoms with Crippen LogP contribution in [0.3, 0.4) is 0 Å². The van der Waals surface area contributed by atoms with Gasteiger partial charge in [-0.3, -0.25) is 9.59 Å². The molecule has 2 heterocycles. The van der Waals surface area contributed by atoms with Crippen LogP contribution in [0, 0.1) is 11.3 Å². The van der Waals surface area contributed by atoms with Crippen molar-refractivity contribution in [2.24, 2.45) is 0 Å². The lowest BCUT2D eigenvalue weighted by molar-refractivity contribution is 0.0479. The lowest BCUT2D eigenvalue weighted by Crippen LogP contribution is -2.47. The van der Waals surface area contributed by atoms with Gasteiger partial charge >= 0.3 is 0 Å². The molecule has 2 aromatic carbocycles. The average Bonchev–Trinajstić information content (AvgIpc) is 3.04. The van der Waals surface area contributed by atoms with E-state index >= 15 is 0 Å². The third-order valence-corrected chi connectivity index (χ3v) is 6.06. The lowest BCUT2D eigenvalue weighted by atomic mass is 9.99. The topological polar surface area (TPSA) is 73.2 Å². The Labute approximate surface area is 175 Å². The minimum Gasteiger partial charge on any atom is -0.352 e. The zero-order valence-electron chi connectivity index (χ0n) is 16.7. The number of amides is 2. The summed E-state index contributed by atoms with van der Waals surface area (Å²) in [5.41, 5.74) is 2.56. The van der Waals surface area contributed by atoms with E-state index in [0.717, 1.165) is 18.4 Å². The number of alkyl halides is 1. The van der Waals surface area contributed by atoms with Crippen molar-refractivity contribution < 1.29 is 14.0 Å². The highest BCUT2D eigenvalue weighted by Gasteiger charge is 2.43. The first-order chi connectivity index (χ1) is 14.5. The van der Waals surface area contributed by atoms with Gasteiger partial charge in [-0.15, -0.1) is 0 Å². The first kappa shape index (κ1) is 20.1. The maximum atomic E-state index is 13.8. The van der Waals surface area contributed by atoms with E-state index < -0.39 is 6.17 Å². The van der Waals surface area contributed by atoms with Gasteiger partial charge in [0.05, 0.1) is 11.6 Å². The molecule has 2 fully saturated rings. The highest BCUT2D eigenvalue weighted by Crippen LogP contribution is 2.37. The van der Waals surface area contributed by atoms with Crippen LogP contribution in [0.1, 0.15) is 57.5 Å². The molecule has 2 aromatic rings. The number of piperidine rings is 1. The summed E-state index contributed by atoms with van der Waals surface area (Å²) in [7, 11) is 0. The standard InChI is InChI=1S/C24H24FN3O2/c25-20-13-21-8-9-22(14-20)28(21)24(30)18-6-4-16(5-7-18)10-11-27-23(29)19-3-1-2-17(12-19)15-26/h1-7,12,20-22H,8-11,13-14H2,(H,27,29). The Morgan fingerprint density at radius 1 is 1.07 bits per heavy atom. The van der Waals surface area contributed by atoms with E-state index in [4.69, 9.17) is 5.26 Å². The molecule has 5 nitrogen and oxygen atoms in total. The van der Waals surface area contributed by atoms with Crippen molar-refractivity contribution in [1.29, 1.82) is 5.26 Å². The Bertz CT molecular complexity index is 969. The predicted molar refractivity (Wildman–Crippen MR) is 111 cm³/mol. The summed E-state index contributed by atoms with van der Waals surface area (Å²) >= 11 is 0. The molecule has 0 saturated carbocycles. The predicted octanol–water partition coefficient (Wildman–Crippen LogP) is 3.64. The second-order valence-electron chi connectivity index (χ2n) is 8.06. The number of rotatable bonds is 5. The monoisotopic (exact) mass is 405 g/mol. The summed E-state index contributed by atoms with van der Waals surface area (Å²) in [5, 5.41) is 11.8. The largest absolute Gasteiger partial charge is 0.352 e. The molecule has 4 rings (SSSR count). The van der Waals surface area contributed by atoms with Crippen molar-refractivity contribution in [3.63, 3.8) is 0 Å². The van der Waals surface area contributed by atoms with E-state index in [1.165, 1.54) is 0 Å². The number of benzene rings is 2. The first-order valence-corrected chi connectivity index (χ1v) is 10.4. The third kappa shape index (κ3) is 4.20. The normalized spacial score (nSPS) is 22.4. The molecule has 30 heavy (non-hydrogen) atoms. The van der Waals surface area contributed by atoms with Gasteiger partial charge in [0.25, 0.3) is 11.8 Å². The average molecular weight is 405 g/mol. The minimum atomic E-state index is -0.786. The van der Waals surface area contributed by atoms with Crippen molar-refractivity contribution in [3.8, 4) is 6.07 Å². The summed E-state index contributed by atoms with van der Waals surface area (Å²) in [4.78, 5) is 27.0. The summed E-state index contributed by atoms with van der Waals surface area (Å²) in [6.45, 7) is 0.455. The van der Waals surface area contributed by atoms with E-state index in [1.54, 1.807) is 24.3 Å². The van der Waals surface area contributed by atoms with Crippen LogP contribution >= 0.6 is 0 Å². The van der Waals surface area contributed by atoms with Crippen LogP contribution in [0.15, 0.2) is 48.5 Å². The van der Waals surface area contributed by atoms with Crippen LogP contribution in [0.2, 0.25) is 0 Å². The van der Waals surface area contributed by atoms with E-state index in [2.05, 4.69) is 5.32 Å². The molecule has 0 spiro atoms. The molecule has 0 aliphatic carbocycles. The Hall–Kier alpha value is -3.20. The fraction of sp³-hybridized carbons (Fsp3) is 0.375. The number of halogens is 1. The third-order valence-electron chi connectivity index (χ3n) is 6.06. The number of nitriles is 1. The Morgan fingerprint density at radius 3 is 2.43 bits per heavy atom. The molecule has 1 N–H and O–H groups in total. The van der Waals surface area contributed by atoms with E-state index in [-0.39, 0.29) is 23.9 Å². The molecule has 0 aromatic heterocycles. The van der Waals surface area contributed by atoms with Crippen LogP contribution in [-0.4, -0.2) is 41.5 Å². The zero-order chi connectivity index (χ0) is 21.1. The van der Waals surface area contributed by atoms with Crippen LogP contribution in [0.5, 0.6) is 0 Å². The SMILES string of the molecule is N#Cc1cccc(C(=O)NCCc2ccc(C(=O)N3C4CCC3CC(F)C4)cc2)c1. The number of hydrogen-bond donors (Lipinski definition) is 1. The number of nitrogens with one attached hydrogen (secondary N) is 1. The summed E-state index contributed by atoms with van der Waals surface area (Å²) in [5.74, 6) is -0.225. The van der Waals surface area contributed by atoms with Crippen molar-refractivity contribution in [2.45, 2.75) is 50.4 Å². The Morgan fingerprint density at radius 2 is 1.77 bits per heavy atom. The van der Waals surface area contributed by atoms with Gasteiger partial charge in [-0.2, -0.15) is 5.26 Å². The molecular weight excluding hydrogens is 381 g/mol. The van der Waals surface area contributed by atoms with Gasteiger partial charge < -0.3 is 10.2 Å². The van der Waals surface area contributed by atoms with Crippen molar-refractivity contribution in [1.82, 2.24) is 10.2 Å². The van der Waals surface area contributed by atoms with Gasteiger partial charge in [-0.1, -0.05) is 18.2 Å². The molecule has 6 heteroatoms. The fourth-order valence-corrected chi connectivity index (χ4v) is 4.56. The maximum absolute atomic E-state index is 13.8. The summed E-state index contributed by atoms with van der Waals surface area (Å²) in [6.07, 6.45) is 2.55. The molecule has 2 aliphatic heterocycles. The Balaban J connectivity index is 1.31. The smallest absolute Gasteiger partial charge is 0.254 e. The van der Waals surface area contributed by atoms with Gasteiger partial charge in [0.2, 0.25) is 0 Å². The van der Waals surface area contributed by atoms with E-state index in [0.29, 0.717) is 42.5 Å². The van der Waals surface area contributed by atoms with E-state index in [9.17, 15) is 14.0 Å². The number of hydrogen-bond acceptors (Lipinski definition) is 3. The molecule has 2 aliphatic rings. The second kappa shape index (κ2) is 8.66. The van der Waals surface area contributed by atoms with Crippen molar-refractivity contribution in [3.05, 3.63) is 70.8 Å². The molecule has 154 valence electrons. The number of fused-ring (bicyclic) bond motifs is 2. The molecule has 2 unspecified atom stereocenters. The highest BCUT2D eigenvalue weighted by molar-refractivity contribution is 5.95. The van der Waals surface area contributed by atoms with Crippen LogP contribution in [0.25, 0.3) is 0 Å². The van der Waals surface area contributed by atoms with Crippen LogP contribution in [0.4, 0.5) is 4.39 Å². The maximum Gasteiger partial charge on any atom is 0.254 e. The van der Waals surface area contributed by atoms with Crippen molar-refractivity contribution >= 4 is 11.8 Å². The molecule has 2 saturated heterocycles. The quantitative estimate of drug-likeness (QED) is 0.826. The summed E-state index contributed by atoms with van der Waals surface area (Å²) in [6, 6.07) is 16.1. The Kier molecular flexibility index (Phi) is 5.80. The molecule has 2 bridgehead atoms. The number of carbonyl (C=O) groups excluding carboxylic acids is 2. The van der Waals surface area contributed by atoms with E-state index in [1.807, 2.05) is 35.2 Å². The molecule has 2 atom stereocenters. The summed E-state index contributed by atoms with van der Waals surface area (Å²) < 4.78 is 13.8. The van der Waals surface area contributed by atoms with Gasteiger partial charge in [0.1, 0.15) is 6.17 Å². The molecule has 0 radical (unpaired) electrons. The van der Waals surface area contributed by atoms with Crippen LogP contribution in [-0.2, 0) is 6.42 Å². The van der Waals surface area contributed by atoms with Crippen molar-refractivity contribution in [2.75, 3.05) is 6.54 Å². The van der Waals surface area contributed by atoms with Crippen LogP contribution < -0.4 is 5.32 Å². The molecule has 2 amide bonds. The molecular formula is C24H24FN3O2. The second-order valence-corrected chi connectivity index (χ2v) is 8.06. The lowest BCUT2D eigenvalue weighted by Gasteiger charge is -2.36. The number of carbonyl (C=O) groups is 2. The zero-order valence-corrected chi connectivity index (χ0v) is 16.7.